The van der Waals surface area contributed by atoms with Crippen LogP contribution in [0.2, 0.25) is 0 Å². The van der Waals surface area contributed by atoms with E-state index in [1.54, 1.807) is 0 Å². The third-order valence-electron chi connectivity index (χ3n) is 9.35. The van der Waals surface area contributed by atoms with Crippen LogP contribution in [0.4, 0.5) is 0 Å². The summed E-state index contributed by atoms with van der Waals surface area (Å²) in [4.78, 5) is 24.1. The van der Waals surface area contributed by atoms with E-state index in [1.165, 1.54) is 192 Å². The lowest BCUT2D eigenvalue weighted by Crippen LogP contribution is -2.27. The van der Waals surface area contributed by atoms with E-state index in [1.807, 2.05) is 12.2 Å². The van der Waals surface area contributed by atoms with Gasteiger partial charge < -0.3 is 14.6 Å². The zero-order valence-electron chi connectivity index (χ0n) is 32.0. The minimum absolute atomic E-state index is 0.142. The predicted octanol–water partition coefficient (Wildman–Crippen LogP) is 13.1. The molecule has 0 heterocycles. The summed E-state index contributed by atoms with van der Waals surface area (Å²) >= 11 is 0. The molecule has 282 valence electrons. The van der Waals surface area contributed by atoms with E-state index in [4.69, 9.17) is 9.47 Å². The maximum absolute atomic E-state index is 12.1. The van der Waals surface area contributed by atoms with Gasteiger partial charge in [0.1, 0.15) is 6.61 Å². The van der Waals surface area contributed by atoms with Crippen LogP contribution in [0, 0.1) is 0 Å². The molecule has 0 aliphatic rings. The molecule has 1 atom stereocenters. The van der Waals surface area contributed by atoms with E-state index >= 15 is 0 Å². The van der Waals surface area contributed by atoms with E-state index in [-0.39, 0.29) is 13.2 Å². The monoisotopic (exact) mass is 677 g/mol. The number of carbonyl (C=O) groups is 2. The summed E-state index contributed by atoms with van der Waals surface area (Å²) in [7, 11) is 0. The highest BCUT2D eigenvalue weighted by Crippen LogP contribution is 2.15. The van der Waals surface area contributed by atoms with Gasteiger partial charge in [-0.3, -0.25) is 0 Å². The lowest BCUT2D eigenvalue weighted by Gasteiger charge is -2.13. The van der Waals surface area contributed by atoms with Gasteiger partial charge in [-0.2, -0.15) is 0 Å². The normalized spacial score (nSPS) is 12.3. The van der Waals surface area contributed by atoms with Gasteiger partial charge in [0.05, 0.1) is 6.61 Å². The minimum Gasteiger partial charge on any atom is -0.458 e. The topological polar surface area (TPSA) is 72.8 Å². The lowest BCUT2D eigenvalue weighted by molar-refractivity contribution is -0.155. The Morgan fingerprint density at radius 3 is 1.06 bits per heavy atom. The van der Waals surface area contributed by atoms with Crippen LogP contribution in [0.5, 0.6) is 0 Å². The van der Waals surface area contributed by atoms with Crippen molar-refractivity contribution in [2.75, 3.05) is 13.2 Å². The molecule has 0 saturated heterocycles. The summed E-state index contributed by atoms with van der Waals surface area (Å²) in [5, 5.41) is 9.53. The van der Waals surface area contributed by atoms with Gasteiger partial charge in [-0.1, -0.05) is 206 Å². The Hall–Kier alpha value is -1.62. The van der Waals surface area contributed by atoms with Gasteiger partial charge in [0, 0.05) is 12.2 Å². The minimum atomic E-state index is -0.846. The summed E-state index contributed by atoms with van der Waals surface area (Å²) in [6.07, 6.45) is 47.6. The second-order valence-corrected chi connectivity index (χ2v) is 14.2. The van der Waals surface area contributed by atoms with Crippen LogP contribution in [0.1, 0.15) is 219 Å². The molecule has 0 fully saturated rings. The number of hydrogen-bond acceptors (Lipinski definition) is 5. The number of rotatable bonds is 38. The van der Waals surface area contributed by atoms with Crippen molar-refractivity contribution in [3.63, 3.8) is 0 Å². The number of aliphatic hydroxyl groups excluding tert-OH is 1. The number of aliphatic hydroxyl groups is 1. The van der Waals surface area contributed by atoms with Gasteiger partial charge in [-0.25, -0.2) is 9.59 Å². The van der Waals surface area contributed by atoms with E-state index in [2.05, 4.69) is 13.8 Å². The molecular weight excluding hydrogens is 596 g/mol. The fraction of sp³-hybridized carbons (Fsp3) is 0.860. The Morgan fingerprint density at radius 1 is 0.458 bits per heavy atom. The quantitative estimate of drug-likeness (QED) is 0.0400. The summed E-state index contributed by atoms with van der Waals surface area (Å²) in [6.45, 7) is 4.03. The number of allylic oxidation sites excluding steroid dienone is 2. The maximum atomic E-state index is 12.1. The number of carbonyl (C=O) groups excluding carboxylic acids is 2. The van der Waals surface area contributed by atoms with Gasteiger partial charge in [-0.05, 0) is 25.7 Å². The smallest absolute Gasteiger partial charge is 0.330 e. The van der Waals surface area contributed by atoms with E-state index < -0.39 is 18.0 Å². The van der Waals surface area contributed by atoms with E-state index in [9.17, 15) is 14.7 Å². The molecule has 0 bridgehead atoms. The molecule has 0 aromatic rings. The molecule has 0 aliphatic heterocycles. The van der Waals surface area contributed by atoms with Crippen LogP contribution in [-0.4, -0.2) is 36.4 Å². The van der Waals surface area contributed by atoms with Crippen molar-refractivity contribution in [1.82, 2.24) is 0 Å². The first-order valence-corrected chi connectivity index (χ1v) is 20.9. The molecule has 0 radical (unpaired) electrons. The molecule has 0 rings (SSSR count). The van der Waals surface area contributed by atoms with Crippen LogP contribution in [-0.2, 0) is 19.1 Å². The SMILES string of the molecule is CCCCCCCCCCCCCCCCCC=CC(=O)OC[C@H](CO)OC(=O)C=CCCCCCCCCCCCCCCCCC. The Bertz CT molecular complexity index is 731. The highest BCUT2D eigenvalue weighted by atomic mass is 16.6. The summed E-state index contributed by atoms with van der Waals surface area (Å²) in [5.74, 6) is -0.969. The maximum Gasteiger partial charge on any atom is 0.330 e. The molecule has 5 heteroatoms. The lowest BCUT2D eigenvalue weighted by atomic mass is 10.0. The summed E-state index contributed by atoms with van der Waals surface area (Å²) in [6, 6.07) is 0. The van der Waals surface area contributed by atoms with Crippen LogP contribution in [0.15, 0.2) is 24.3 Å². The second-order valence-electron chi connectivity index (χ2n) is 14.2. The molecule has 0 unspecified atom stereocenters. The number of ether oxygens (including phenoxy) is 2. The van der Waals surface area contributed by atoms with Crippen LogP contribution >= 0.6 is 0 Å². The second kappa shape index (κ2) is 39.8. The van der Waals surface area contributed by atoms with Crippen molar-refractivity contribution in [2.45, 2.75) is 225 Å². The highest BCUT2D eigenvalue weighted by molar-refractivity contribution is 5.82. The molecular formula is C43H80O5. The fourth-order valence-electron chi connectivity index (χ4n) is 6.18. The molecule has 0 aliphatic carbocycles. The van der Waals surface area contributed by atoms with E-state index in [0.717, 1.165) is 25.7 Å². The Labute approximate surface area is 298 Å². The number of esters is 2. The van der Waals surface area contributed by atoms with Crippen LogP contribution in [0.25, 0.3) is 0 Å². The van der Waals surface area contributed by atoms with Gasteiger partial charge in [-0.15, -0.1) is 0 Å². The van der Waals surface area contributed by atoms with Crippen LogP contribution < -0.4 is 0 Å². The van der Waals surface area contributed by atoms with Crippen molar-refractivity contribution in [1.29, 1.82) is 0 Å². The average Bonchev–Trinajstić information content (AvgIpc) is 3.09. The molecule has 0 aromatic heterocycles. The Morgan fingerprint density at radius 2 is 0.750 bits per heavy atom. The van der Waals surface area contributed by atoms with Crippen molar-refractivity contribution in [2.24, 2.45) is 0 Å². The molecule has 0 spiro atoms. The summed E-state index contributed by atoms with van der Waals surface area (Å²) in [5.41, 5.74) is 0. The number of hydrogen-bond donors (Lipinski definition) is 1. The fourth-order valence-corrected chi connectivity index (χ4v) is 6.18. The standard InChI is InChI=1S/C43H80O5/c1-3-5-7-9-11-13-15-17-19-21-23-25-27-29-31-33-35-37-42(45)47-40-41(39-44)48-43(46)38-36-34-32-30-28-26-24-22-20-18-16-14-12-10-8-6-4-2/h35-38,41,44H,3-34,39-40H2,1-2H3/t41-/m0/s1. The molecule has 0 amide bonds. The van der Waals surface area contributed by atoms with Crippen molar-refractivity contribution in [3.8, 4) is 0 Å². The van der Waals surface area contributed by atoms with E-state index in [0.29, 0.717) is 0 Å². The first-order valence-electron chi connectivity index (χ1n) is 20.9. The Balaban J connectivity index is 3.59. The summed E-state index contributed by atoms with van der Waals surface area (Å²) < 4.78 is 10.4. The number of unbranched alkanes of at least 4 members (excludes halogenated alkanes) is 30. The van der Waals surface area contributed by atoms with Crippen molar-refractivity contribution in [3.05, 3.63) is 24.3 Å². The van der Waals surface area contributed by atoms with Crippen molar-refractivity contribution < 1.29 is 24.2 Å². The van der Waals surface area contributed by atoms with Crippen LogP contribution in [0.3, 0.4) is 0 Å². The average molecular weight is 677 g/mol. The zero-order valence-corrected chi connectivity index (χ0v) is 32.0. The zero-order chi connectivity index (χ0) is 35.0. The largest absolute Gasteiger partial charge is 0.458 e. The highest BCUT2D eigenvalue weighted by Gasteiger charge is 2.14. The third-order valence-corrected chi connectivity index (χ3v) is 9.35. The molecule has 48 heavy (non-hydrogen) atoms. The first-order chi connectivity index (χ1) is 23.6. The van der Waals surface area contributed by atoms with Gasteiger partial charge in [0.15, 0.2) is 6.10 Å². The first kappa shape index (κ1) is 46.4. The van der Waals surface area contributed by atoms with Crippen molar-refractivity contribution >= 4 is 11.9 Å². The molecule has 1 N–H and O–H groups in total. The molecule has 0 saturated carbocycles. The molecule has 5 nitrogen and oxygen atoms in total. The predicted molar refractivity (Wildman–Crippen MR) is 205 cm³/mol. The van der Waals surface area contributed by atoms with Gasteiger partial charge >= 0.3 is 11.9 Å². The Kier molecular flexibility index (Phi) is 38.5. The molecule has 0 aromatic carbocycles. The third kappa shape index (κ3) is 37.2. The van der Waals surface area contributed by atoms with Gasteiger partial charge in [0.25, 0.3) is 0 Å². The van der Waals surface area contributed by atoms with Gasteiger partial charge in [0.2, 0.25) is 0 Å².